The maximum atomic E-state index is 13.1. The third-order valence-corrected chi connectivity index (χ3v) is 5.03. The Balaban J connectivity index is 1.68. The van der Waals surface area contributed by atoms with E-state index in [0.29, 0.717) is 17.8 Å². The SMILES string of the molecule is CCn1cc(-c2ccnc3c(C(=O)N(C)Cc4ccnn4CC)cnn23)c(C)n1. The molecule has 9 heteroatoms. The number of hydrogen-bond donors (Lipinski definition) is 0. The summed E-state index contributed by atoms with van der Waals surface area (Å²) in [4.78, 5) is 19.2. The van der Waals surface area contributed by atoms with Gasteiger partial charge < -0.3 is 4.90 Å². The fraction of sp³-hybridized carbons (Fsp3) is 0.350. The third-order valence-electron chi connectivity index (χ3n) is 5.03. The molecule has 4 heterocycles. The summed E-state index contributed by atoms with van der Waals surface area (Å²) in [5.41, 5.74) is 4.73. The highest BCUT2D eigenvalue weighted by molar-refractivity contribution is 5.99. The van der Waals surface area contributed by atoms with E-state index >= 15 is 0 Å². The summed E-state index contributed by atoms with van der Waals surface area (Å²) in [6, 6.07) is 3.82. The molecule has 0 spiro atoms. The molecule has 0 aliphatic rings. The molecule has 0 N–H and O–H groups in total. The van der Waals surface area contributed by atoms with Crippen molar-refractivity contribution >= 4 is 11.6 Å². The van der Waals surface area contributed by atoms with Crippen molar-refractivity contribution in [3.63, 3.8) is 0 Å². The molecule has 0 saturated carbocycles. The van der Waals surface area contributed by atoms with E-state index in [-0.39, 0.29) is 5.91 Å². The minimum absolute atomic E-state index is 0.130. The maximum absolute atomic E-state index is 13.1. The molecule has 29 heavy (non-hydrogen) atoms. The minimum Gasteiger partial charge on any atom is -0.336 e. The molecule has 0 aromatic carbocycles. The molecule has 4 rings (SSSR count). The smallest absolute Gasteiger partial charge is 0.259 e. The summed E-state index contributed by atoms with van der Waals surface area (Å²) in [6.07, 6.45) is 7.03. The Labute approximate surface area is 168 Å². The van der Waals surface area contributed by atoms with E-state index in [1.165, 1.54) is 0 Å². The van der Waals surface area contributed by atoms with Crippen molar-refractivity contribution in [3.05, 3.63) is 53.9 Å². The molecule has 9 nitrogen and oxygen atoms in total. The molecule has 4 aromatic rings. The summed E-state index contributed by atoms with van der Waals surface area (Å²) in [7, 11) is 1.78. The summed E-state index contributed by atoms with van der Waals surface area (Å²) >= 11 is 0. The molecular formula is C20H24N8O. The summed E-state index contributed by atoms with van der Waals surface area (Å²) < 4.78 is 5.48. The Hall–Kier alpha value is -3.49. The molecule has 0 bridgehead atoms. The lowest BCUT2D eigenvalue weighted by Crippen LogP contribution is -2.27. The number of carbonyl (C=O) groups is 1. The van der Waals surface area contributed by atoms with Gasteiger partial charge in [-0.1, -0.05) is 0 Å². The second kappa shape index (κ2) is 7.50. The van der Waals surface area contributed by atoms with E-state index in [1.54, 1.807) is 35.1 Å². The van der Waals surface area contributed by atoms with E-state index in [4.69, 9.17) is 0 Å². The highest BCUT2D eigenvalue weighted by Crippen LogP contribution is 2.24. The number of aromatic nitrogens is 7. The first-order valence-electron chi connectivity index (χ1n) is 9.66. The topological polar surface area (TPSA) is 86.1 Å². The number of nitrogens with zero attached hydrogens (tertiary/aromatic N) is 8. The Morgan fingerprint density at radius 1 is 1.14 bits per heavy atom. The Morgan fingerprint density at radius 2 is 1.97 bits per heavy atom. The quantitative estimate of drug-likeness (QED) is 0.503. The molecule has 4 aromatic heterocycles. The first-order valence-corrected chi connectivity index (χ1v) is 9.66. The van der Waals surface area contributed by atoms with Gasteiger partial charge in [-0.15, -0.1) is 0 Å². The zero-order valence-corrected chi connectivity index (χ0v) is 17.1. The lowest BCUT2D eigenvalue weighted by molar-refractivity contribution is 0.0783. The second-order valence-corrected chi connectivity index (χ2v) is 6.91. The molecule has 0 aliphatic carbocycles. The maximum Gasteiger partial charge on any atom is 0.259 e. The van der Waals surface area contributed by atoms with E-state index < -0.39 is 0 Å². The molecule has 0 aliphatic heterocycles. The third kappa shape index (κ3) is 3.28. The summed E-state index contributed by atoms with van der Waals surface area (Å²) in [5, 5.41) is 13.2. The van der Waals surface area contributed by atoms with Crippen LogP contribution in [0, 0.1) is 6.92 Å². The summed E-state index contributed by atoms with van der Waals surface area (Å²) in [5.74, 6) is -0.130. The molecule has 150 valence electrons. The molecule has 0 atom stereocenters. The molecule has 1 amide bonds. The lowest BCUT2D eigenvalue weighted by Gasteiger charge is -2.17. The minimum atomic E-state index is -0.130. The van der Waals surface area contributed by atoms with Crippen molar-refractivity contribution < 1.29 is 4.79 Å². The monoisotopic (exact) mass is 392 g/mol. The molecular weight excluding hydrogens is 368 g/mol. The first kappa shape index (κ1) is 18.9. The van der Waals surface area contributed by atoms with Gasteiger partial charge in [0.25, 0.3) is 5.91 Å². The Kier molecular flexibility index (Phi) is 4.87. The predicted octanol–water partition coefficient (Wildman–Crippen LogP) is 2.41. The van der Waals surface area contributed by atoms with Gasteiger partial charge >= 0.3 is 0 Å². The van der Waals surface area contributed by atoms with Crippen LogP contribution in [0.25, 0.3) is 16.9 Å². The standard InChI is InChI=1S/C20H24N8O/c1-5-26-13-17(14(3)24-26)18-8-9-21-19-16(11-23-28(18)19)20(29)25(4)12-15-7-10-22-27(15)6-2/h7-11,13H,5-6,12H2,1-4H3. The number of amides is 1. The number of rotatable bonds is 6. The average molecular weight is 392 g/mol. The van der Waals surface area contributed by atoms with Crippen LogP contribution >= 0.6 is 0 Å². The van der Waals surface area contributed by atoms with E-state index in [9.17, 15) is 4.79 Å². The van der Waals surface area contributed by atoms with Gasteiger partial charge in [-0.2, -0.15) is 15.3 Å². The molecule has 0 fully saturated rings. The van der Waals surface area contributed by atoms with Crippen LogP contribution in [0.5, 0.6) is 0 Å². The fourth-order valence-electron chi connectivity index (χ4n) is 3.48. The molecule has 0 unspecified atom stereocenters. The fourth-order valence-corrected chi connectivity index (χ4v) is 3.48. The van der Waals surface area contributed by atoms with Gasteiger partial charge in [0.1, 0.15) is 5.56 Å². The van der Waals surface area contributed by atoms with Crippen LogP contribution in [0.3, 0.4) is 0 Å². The zero-order chi connectivity index (χ0) is 20.5. The van der Waals surface area contributed by atoms with Crippen LogP contribution in [0.4, 0.5) is 0 Å². The highest BCUT2D eigenvalue weighted by atomic mass is 16.2. The van der Waals surface area contributed by atoms with Gasteiger partial charge in [0, 0.05) is 44.3 Å². The van der Waals surface area contributed by atoms with Gasteiger partial charge in [0.2, 0.25) is 0 Å². The van der Waals surface area contributed by atoms with E-state index in [2.05, 4.69) is 20.3 Å². The van der Waals surface area contributed by atoms with Gasteiger partial charge in [-0.05, 0) is 32.9 Å². The number of carbonyl (C=O) groups excluding carboxylic acids is 1. The van der Waals surface area contributed by atoms with Crippen LogP contribution in [0.1, 0.15) is 35.6 Å². The van der Waals surface area contributed by atoms with Gasteiger partial charge in [-0.3, -0.25) is 14.2 Å². The number of aryl methyl sites for hydroxylation is 3. The van der Waals surface area contributed by atoms with Crippen molar-refractivity contribution in [3.8, 4) is 11.3 Å². The zero-order valence-electron chi connectivity index (χ0n) is 17.1. The molecule has 0 radical (unpaired) electrons. The highest BCUT2D eigenvalue weighted by Gasteiger charge is 2.21. The molecule has 0 saturated heterocycles. The number of fused-ring (bicyclic) bond motifs is 1. The second-order valence-electron chi connectivity index (χ2n) is 6.91. The Morgan fingerprint density at radius 3 is 2.69 bits per heavy atom. The van der Waals surface area contributed by atoms with Crippen LogP contribution in [0.15, 0.2) is 36.9 Å². The first-order chi connectivity index (χ1) is 14.0. The van der Waals surface area contributed by atoms with Crippen molar-refractivity contribution in [2.45, 2.75) is 40.4 Å². The van der Waals surface area contributed by atoms with E-state index in [1.807, 2.05) is 48.5 Å². The average Bonchev–Trinajstić information content (AvgIpc) is 3.44. The van der Waals surface area contributed by atoms with E-state index in [0.717, 1.165) is 35.7 Å². The van der Waals surface area contributed by atoms with Crippen molar-refractivity contribution in [1.29, 1.82) is 0 Å². The van der Waals surface area contributed by atoms with Crippen LogP contribution in [-0.4, -0.2) is 52.0 Å². The van der Waals surface area contributed by atoms with Gasteiger partial charge in [0.05, 0.1) is 29.8 Å². The summed E-state index contributed by atoms with van der Waals surface area (Å²) in [6.45, 7) is 8.05. The van der Waals surface area contributed by atoms with Crippen molar-refractivity contribution in [1.82, 2.24) is 39.1 Å². The Bertz CT molecular complexity index is 1170. The predicted molar refractivity (Wildman–Crippen MR) is 108 cm³/mol. The van der Waals surface area contributed by atoms with Gasteiger partial charge in [-0.25, -0.2) is 9.50 Å². The van der Waals surface area contributed by atoms with Crippen LogP contribution in [-0.2, 0) is 19.6 Å². The van der Waals surface area contributed by atoms with Crippen molar-refractivity contribution in [2.75, 3.05) is 7.05 Å². The van der Waals surface area contributed by atoms with Gasteiger partial charge in [0.15, 0.2) is 5.65 Å². The normalized spacial score (nSPS) is 11.3. The van der Waals surface area contributed by atoms with Crippen LogP contribution in [0.2, 0.25) is 0 Å². The van der Waals surface area contributed by atoms with Crippen LogP contribution < -0.4 is 0 Å². The van der Waals surface area contributed by atoms with Crippen molar-refractivity contribution in [2.24, 2.45) is 0 Å². The number of hydrogen-bond acceptors (Lipinski definition) is 5. The largest absolute Gasteiger partial charge is 0.336 e. The lowest BCUT2D eigenvalue weighted by atomic mass is 10.2.